The molecule has 15 heavy (non-hydrogen) atoms. The Hall–Kier alpha value is -1.14. The van der Waals surface area contributed by atoms with E-state index in [9.17, 15) is 17.1 Å². The maximum Gasteiger partial charge on any atom is 0.339 e. The standard InChI is InChI=1S/C8H6ClFO4S/c1-14-8(11)6-3-2-5(4-7(6)9)15(10,12)13/h2-4H,1H3. The first kappa shape index (κ1) is 11.9. The van der Waals surface area contributed by atoms with E-state index in [0.29, 0.717) is 0 Å². The summed E-state index contributed by atoms with van der Waals surface area (Å²) in [5.41, 5.74) is -0.0217. The van der Waals surface area contributed by atoms with E-state index in [1.54, 1.807) is 0 Å². The summed E-state index contributed by atoms with van der Waals surface area (Å²) in [5, 5.41) is -0.180. The van der Waals surface area contributed by atoms with Gasteiger partial charge in [0.05, 0.1) is 17.7 Å². The molecule has 0 saturated carbocycles. The van der Waals surface area contributed by atoms with Gasteiger partial charge in [-0.2, -0.15) is 8.42 Å². The second-order valence-corrected chi connectivity index (χ2v) is 4.33. The van der Waals surface area contributed by atoms with Crippen molar-refractivity contribution in [3.8, 4) is 0 Å². The third-order valence-electron chi connectivity index (χ3n) is 1.63. The predicted octanol–water partition coefficient (Wildman–Crippen LogP) is 1.78. The van der Waals surface area contributed by atoms with Crippen LogP contribution in [0.2, 0.25) is 5.02 Å². The van der Waals surface area contributed by atoms with Gasteiger partial charge in [0.2, 0.25) is 0 Å². The zero-order valence-electron chi connectivity index (χ0n) is 7.53. The first-order chi connectivity index (χ1) is 6.86. The predicted molar refractivity (Wildman–Crippen MR) is 51.1 cm³/mol. The topological polar surface area (TPSA) is 60.4 Å². The number of methoxy groups -OCH3 is 1. The molecule has 0 aliphatic carbocycles. The van der Waals surface area contributed by atoms with Crippen molar-refractivity contribution in [3.05, 3.63) is 28.8 Å². The van der Waals surface area contributed by atoms with Crippen LogP contribution in [-0.2, 0) is 15.0 Å². The molecule has 1 aromatic rings. The quantitative estimate of drug-likeness (QED) is 0.595. The second kappa shape index (κ2) is 4.16. The third kappa shape index (κ3) is 2.66. The molecule has 7 heteroatoms. The molecule has 0 bridgehead atoms. The molecule has 0 fully saturated rings. The van der Waals surface area contributed by atoms with Crippen molar-refractivity contribution in [1.82, 2.24) is 0 Å². The second-order valence-electron chi connectivity index (χ2n) is 2.57. The number of carbonyl (C=O) groups is 1. The summed E-state index contributed by atoms with van der Waals surface area (Å²) in [6.07, 6.45) is 0. The molecule has 0 unspecified atom stereocenters. The van der Waals surface area contributed by atoms with E-state index < -0.39 is 21.1 Å². The molecule has 1 aromatic carbocycles. The van der Waals surface area contributed by atoms with Gasteiger partial charge in [0, 0.05) is 0 Å². The zero-order valence-corrected chi connectivity index (χ0v) is 9.10. The molecule has 0 spiro atoms. The summed E-state index contributed by atoms with van der Waals surface area (Å²) in [6, 6.07) is 2.87. The van der Waals surface area contributed by atoms with Crippen LogP contribution in [0.5, 0.6) is 0 Å². The van der Waals surface area contributed by atoms with Crippen molar-refractivity contribution in [2.45, 2.75) is 4.90 Å². The summed E-state index contributed by atoms with van der Waals surface area (Å²) >= 11 is 5.58. The highest BCUT2D eigenvalue weighted by Crippen LogP contribution is 2.22. The number of halogens is 2. The molecule has 0 aliphatic heterocycles. The van der Waals surface area contributed by atoms with Crippen molar-refractivity contribution in [1.29, 1.82) is 0 Å². The molecule has 0 radical (unpaired) electrons. The summed E-state index contributed by atoms with van der Waals surface area (Å²) < 4.78 is 37.9. The lowest BCUT2D eigenvalue weighted by Gasteiger charge is -2.02. The molecule has 0 aliphatic rings. The van der Waals surface area contributed by atoms with Crippen LogP contribution in [0.25, 0.3) is 0 Å². The van der Waals surface area contributed by atoms with E-state index >= 15 is 0 Å². The van der Waals surface area contributed by atoms with Gasteiger partial charge in [-0.3, -0.25) is 0 Å². The van der Waals surface area contributed by atoms with E-state index in [1.807, 2.05) is 0 Å². The fourth-order valence-corrected chi connectivity index (χ4v) is 1.73. The highest BCUT2D eigenvalue weighted by molar-refractivity contribution is 7.86. The number of ether oxygens (including phenoxy) is 1. The van der Waals surface area contributed by atoms with Gasteiger partial charge < -0.3 is 4.74 Å². The van der Waals surface area contributed by atoms with Crippen molar-refractivity contribution >= 4 is 27.8 Å². The molecule has 0 atom stereocenters. The number of benzene rings is 1. The van der Waals surface area contributed by atoms with Gasteiger partial charge in [-0.25, -0.2) is 4.79 Å². The molecule has 0 N–H and O–H groups in total. The normalized spacial score (nSPS) is 11.1. The fraction of sp³-hybridized carbons (Fsp3) is 0.125. The number of carbonyl (C=O) groups excluding carboxylic acids is 1. The SMILES string of the molecule is COC(=O)c1ccc(S(=O)(=O)F)cc1Cl. The zero-order chi connectivity index (χ0) is 11.6. The molecule has 0 saturated heterocycles. The molecule has 82 valence electrons. The maximum absolute atomic E-state index is 12.5. The molecule has 4 nitrogen and oxygen atoms in total. The highest BCUT2D eigenvalue weighted by Gasteiger charge is 2.17. The monoisotopic (exact) mass is 252 g/mol. The van der Waals surface area contributed by atoms with Gasteiger partial charge in [-0.05, 0) is 18.2 Å². The molecular weight excluding hydrogens is 247 g/mol. The van der Waals surface area contributed by atoms with Crippen molar-refractivity contribution in [2.75, 3.05) is 7.11 Å². The van der Waals surface area contributed by atoms with Crippen molar-refractivity contribution in [2.24, 2.45) is 0 Å². The van der Waals surface area contributed by atoms with E-state index in [4.69, 9.17) is 11.6 Å². The van der Waals surface area contributed by atoms with E-state index in [-0.39, 0.29) is 10.6 Å². The average molecular weight is 253 g/mol. The van der Waals surface area contributed by atoms with E-state index in [1.165, 1.54) is 0 Å². The molecule has 0 amide bonds. The van der Waals surface area contributed by atoms with Crippen molar-refractivity contribution < 1.29 is 21.8 Å². The van der Waals surface area contributed by atoms with Crippen LogP contribution < -0.4 is 0 Å². The lowest BCUT2D eigenvalue weighted by molar-refractivity contribution is 0.0601. The van der Waals surface area contributed by atoms with Gasteiger partial charge in [0.1, 0.15) is 4.90 Å². The van der Waals surface area contributed by atoms with Crippen molar-refractivity contribution in [3.63, 3.8) is 0 Å². The lowest BCUT2D eigenvalue weighted by Crippen LogP contribution is -2.03. The minimum Gasteiger partial charge on any atom is -0.465 e. The van der Waals surface area contributed by atoms with Crippen LogP contribution >= 0.6 is 11.6 Å². The van der Waals surface area contributed by atoms with Crippen LogP contribution in [0.3, 0.4) is 0 Å². The summed E-state index contributed by atoms with van der Waals surface area (Å²) in [4.78, 5) is 10.4. The lowest BCUT2D eigenvalue weighted by atomic mass is 10.2. The first-order valence-corrected chi connectivity index (χ1v) is 5.45. The number of esters is 1. The van der Waals surface area contributed by atoms with Gasteiger partial charge in [-0.1, -0.05) is 11.6 Å². The molecule has 1 rings (SSSR count). The van der Waals surface area contributed by atoms with Gasteiger partial charge in [0.25, 0.3) is 0 Å². The minimum atomic E-state index is -4.81. The number of rotatable bonds is 2. The summed E-state index contributed by atoms with van der Waals surface area (Å²) in [5.74, 6) is -0.720. The fourth-order valence-electron chi connectivity index (χ4n) is 0.923. The Labute approximate surface area is 90.8 Å². The van der Waals surface area contributed by atoms with E-state index in [2.05, 4.69) is 4.74 Å². The van der Waals surface area contributed by atoms with Crippen LogP contribution in [-0.4, -0.2) is 21.5 Å². The van der Waals surface area contributed by atoms with Crippen LogP contribution in [0.1, 0.15) is 10.4 Å². The van der Waals surface area contributed by atoms with Crippen LogP contribution in [0, 0.1) is 0 Å². The van der Waals surface area contributed by atoms with Gasteiger partial charge in [0.15, 0.2) is 0 Å². The smallest absolute Gasteiger partial charge is 0.339 e. The number of hydrogen-bond acceptors (Lipinski definition) is 4. The van der Waals surface area contributed by atoms with Crippen LogP contribution in [0.15, 0.2) is 23.1 Å². The molecule has 0 aromatic heterocycles. The Bertz CT molecular complexity index is 497. The Morgan fingerprint density at radius 3 is 2.47 bits per heavy atom. The Kier molecular flexibility index (Phi) is 3.31. The minimum absolute atomic E-state index is 0.0217. The average Bonchev–Trinajstić information content (AvgIpc) is 2.15. The largest absolute Gasteiger partial charge is 0.465 e. The third-order valence-corrected chi connectivity index (χ3v) is 2.76. The molecule has 0 heterocycles. The van der Waals surface area contributed by atoms with Gasteiger partial charge in [-0.15, -0.1) is 3.89 Å². The molecular formula is C8H6ClFO4S. The highest BCUT2D eigenvalue weighted by atomic mass is 35.5. The summed E-state index contributed by atoms with van der Waals surface area (Å²) in [6.45, 7) is 0. The van der Waals surface area contributed by atoms with Gasteiger partial charge >= 0.3 is 16.2 Å². The van der Waals surface area contributed by atoms with E-state index in [0.717, 1.165) is 25.3 Å². The first-order valence-electron chi connectivity index (χ1n) is 3.69. The Morgan fingerprint density at radius 1 is 1.47 bits per heavy atom. The summed E-state index contributed by atoms with van der Waals surface area (Å²) in [7, 11) is -3.66. The Morgan fingerprint density at radius 2 is 2.07 bits per heavy atom. The maximum atomic E-state index is 12.5. The number of hydrogen-bond donors (Lipinski definition) is 0. The van der Waals surface area contributed by atoms with Crippen LogP contribution in [0.4, 0.5) is 3.89 Å². The Balaban J connectivity index is 3.27.